The molecule has 1 aromatic rings. The minimum absolute atomic E-state index is 0.0503. The molecule has 0 heterocycles. The fourth-order valence-corrected chi connectivity index (χ4v) is 1.05. The lowest BCUT2D eigenvalue weighted by Crippen LogP contribution is -1.85. The van der Waals surface area contributed by atoms with E-state index in [4.69, 9.17) is 16.9 Å². The Morgan fingerprint density at radius 3 is 2.86 bits per heavy atom. The summed E-state index contributed by atoms with van der Waals surface area (Å²) in [6, 6.07) is 6.15. The monoisotopic (exact) mass is 209 g/mol. The van der Waals surface area contributed by atoms with Crippen molar-refractivity contribution >= 4 is 17.7 Å². The number of nitrogens with zero attached hydrogens (tertiary/aromatic N) is 1. The van der Waals surface area contributed by atoms with Crippen molar-refractivity contribution in [2.75, 3.05) is 0 Å². The van der Waals surface area contributed by atoms with Gasteiger partial charge in [-0.1, -0.05) is 18.2 Å². The Morgan fingerprint density at radius 1 is 1.57 bits per heavy atom. The number of allylic oxidation sites excluding steroid dienone is 1. The second-order valence-electron chi connectivity index (χ2n) is 2.89. The van der Waals surface area contributed by atoms with Crippen LogP contribution in [-0.4, -0.2) is 5.38 Å². The predicted molar refractivity (Wildman–Crippen MR) is 55.5 cm³/mol. The largest absolute Gasteiger partial charge is 0.206 e. The SMILES string of the molecule is CC(Cl)/C=C/c1ccc(F)c(C#N)c1. The van der Waals surface area contributed by atoms with Crippen LogP contribution >= 0.6 is 11.6 Å². The van der Waals surface area contributed by atoms with Crippen LogP contribution in [0.15, 0.2) is 24.3 Å². The minimum Gasteiger partial charge on any atom is -0.206 e. The van der Waals surface area contributed by atoms with Crippen molar-refractivity contribution in [2.24, 2.45) is 0 Å². The normalized spacial score (nSPS) is 12.7. The fraction of sp³-hybridized carbons (Fsp3) is 0.182. The molecule has 0 aromatic heterocycles. The highest BCUT2D eigenvalue weighted by Gasteiger charge is 2.00. The molecule has 1 aromatic carbocycles. The highest BCUT2D eigenvalue weighted by atomic mass is 35.5. The molecule has 0 aliphatic rings. The zero-order valence-corrected chi connectivity index (χ0v) is 8.42. The van der Waals surface area contributed by atoms with Gasteiger partial charge in [0.2, 0.25) is 0 Å². The van der Waals surface area contributed by atoms with E-state index in [-0.39, 0.29) is 10.9 Å². The van der Waals surface area contributed by atoms with Crippen molar-refractivity contribution in [1.82, 2.24) is 0 Å². The molecular formula is C11H9ClFN. The molecule has 1 atom stereocenters. The average Bonchev–Trinajstić information content (AvgIpc) is 2.16. The van der Waals surface area contributed by atoms with Crippen molar-refractivity contribution < 1.29 is 4.39 Å². The second kappa shape index (κ2) is 4.78. The summed E-state index contributed by atoms with van der Waals surface area (Å²) >= 11 is 5.71. The molecule has 0 fully saturated rings. The van der Waals surface area contributed by atoms with Gasteiger partial charge >= 0.3 is 0 Å². The van der Waals surface area contributed by atoms with Gasteiger partial charge in [0.1, 0.15) is 11.9 Å². The Balaban J connectivity index is 2.97. The van der Waals surface area contributed by atoms with Crippen LogP contribution < -0.4 is 0 Å². The Hall–Kier alpha value is -1.33. The van der Waals surface area contributed by atoms with Gasteiger partial charge in [-0.05, 0) is 24.6 Å². The number of alkyl halides is 1. The molecular weight excluding hydrogens is 201 g/mol. The molecule has 0 radical (unpaired) electrons. The molecule has 72 valence electrons. The fourth-order valence-electron chi connectivity index (χ4n) is 0.976. The van der Waals surface area contributed by atoms with E-state index >= 15 is 0 Å². The van der Waals surface area contributed by atoms with Crippen molar-refractivity contribution in [3.63, 3.8) is 0 Å². The molecule has 0 amide bonds. The minimum atomic E-state index is -0.497. The maximum absolute atomic E-state index is 12.9. The maximum atomic E-state index is 12.9. The summed E-state index contributed by atoms with van der Waals surface area (Å²) in [4.78, 5) is 0. The average molecular weight is 210 g/mol. The van der Waals surface area contributed by atoms with Crippen LogP contribution in [0.3, 0.4) is 0 Å². The first-order valence-electron chi connectivity index (χ1n) is 4.15. The summed E-state index contributed by atoms with van der Waals surface area (Å²) < 4.78 is 12.9. The summed E-state index contributed by atoms with van der Waals surface area (Å²) in [5, 5.41) is 8.50. The molecule has 1 nitrogen and oxygen atoms in total. The molecule has 0 saturated carbocycles. The van der Waals surface area contributed by atoms with Crippen molar-refractivity contribution in [2.45, 2.75) is 12.3 Å². The second-order valence-corrected chi connectivity index (χ2v) is 3.58. The number of hydrogen-bond acceptors (Lipinski definition) is 1. The Labute approximate surface area is 87.4 Å². The quantitative estimate of drug-likeness (QED) is 0.686. The molecule has 0 saturated heterocycles. The van der Waals surface area contributed by atoms with E-state index < -0.39 is 5.82 Å². The van der Waals surface area contributed by atoms with Gasteiger partial charge in [-0.25, -0.2) is 4.39 Å². The van der Waals surface area contributed by atoms with E-state index in [1.165, 1.54) is 12.1 Å². The van der Waals surface area contributed by atoms with Gasteiger partial charge in [-0.15, -0.1) is 11.6 Å². The zero-order chi connectivity index (χ0) is 10.6. The number of halogens is 2. The molecule has 3 heteroatoms. The maximum Gasteiger partial charge on any atom is 0.140 e. The molecule has 14 heavy (non-hydrogen) atoms. The molecule has 1 rings (SSSR count). The molecule has 0 spiro atoms. The van der Waals surface area contributed by atoms with Crippen LogP contribution in [-0.2, 0) is 0 Å². The zero-order valence-electron chi connectivity index (χ0n) is 7.67. The smallest absolute Gasteiger partial charge is 0.140 e. The lowest BCUT2D eigenvalue weighted by molar-refractivity contribution is 0.624. The summed E-state index contributed by atoms with van der Waals surface area (Å²) in [7, 11) is 0. The van der Waals surface area contributed by atoms with Crippen molar-refractivity contribution in [3.05, 3.63) is 41.2 Å². The van der Waals surface area contributed by atoms with Crippen LogP contribution in [0.2, 0.25) is 0 Å². The standard InChI is InChI=1S/C11H9ClFN/c1-8(12)2-3-9-4-5-11(13)10(6-9)7-14/h2-6,8H,1H3/b3-2+. The Kier molecular flexibility index (Phi) is 3.67. The number of hydrogen-bond donors (Lipinski definition) is 0. The van der Waals surface area contributed by atoms with E-state index in [2.05, 4.69) is 0 Å². The van der Waals surface area contributed by atoms with Gasteiger partial charge in [-0.2, -0.15) is 5.26 Å². The molecule has 0 aliphatic heterocycles. The van der Waals surface area contributed by atoms with E-state index in [0.29, 0.717) is 0 Å². The summed E-state index contributed by atoms with van der Waals surface area (Å²) in [5.41, 5.74) is 0.824. The lowest BCUT2D eigenvalue weighted by Gasteiger charge is -1.97. The van der Waals surface area contributed by atoms with Crippen LogP contribution in [0.1, 0.15) is 18.1 Å². The van der Waals surface area contributed by atoms with Gasteiger partial charge in [0.25, 0.3) is 0 Å². The third kappa shape index (κ3) is 2.86. The third-order valence-electron chi connectivity index (χ3n) is 1.66. The van der Waals surface area contributed by atoms with E-state index in [1.807, 2.05) is 6.92 Å². The highest BCUT2D eigenvalue weighted by molar-refractivity contribution is 6.21. The predicted octanol–water partition coefficient (Wildman–Crippen LogP) is 3.34. The van der Waals surface area contributed by atoms with Gasteiger partial charge in [-0.3, -0.25) is 0 Å². The highest BCUT2D eigenvalue weighted by Crippen LogP contribution is 2.11. The molecule has 0 aliphatic carbocycles. The number of benzene rings is 1. The summed E-state index contributed by atoms with van der Waals surface area (Å²) in [6.45, 7) is 1.83. The van der Waals surface area contributed by atoms with Gasteiger partial charge < -0.3 is 0 Å². The van der Waals surface area contributed by atoms with E-state index in [1.54, 1.807) is 24.3 Å². The third-order valence-corrected chi connectivity index (χ3v) is 1.81. The van der Waals surface area contributed by atoms with Crippen LogP contribution in [0.4, 0.5) is 4.39 Å². The van der Waals surface area contributed by atoms with Crippen molar-refractivity contribution in [3.8, 4) is 6.07 Å². The lowest BCUT2D eigenvalue weighted by atomic mass is 10.1. The molecule has 1 unspecified atom stereocenters. The van der Waals surface area contributed by atoms with Crippen molar-refractivity contribution in [1.29, 1.82) is 5.26 Å². The van der Waals surface area contributed by atoms with Gasteiger partial charge in [0, 0.05) is 5.38 Å². The first-order valence-corrected chi connectivity index (χ1v) is 4.59. The van der Waals surface area contributed by atoms with E-state index in [9.17, 15) is 4.39 Å². The van der Waals surface area contributed by atoms with Crippen LogP contribution in [0.5, 0.6) is 0 Å². The first kappa shape index (κ1) is 10.7. The van der Waals surface area contributed by atoms with Crippen LogP contribution in [0, 0.1) is 17.1 Å². The topological polar surface area (TPSA) is 23.8 Å². The van der Waals surface area contributed by atoms with Crippen LogP contribution in [0.25, 0.3) is 6.08 Å². The number of nitriles is 1. The van der Waals surface area contributed by atoms with E-state index in [0.717, 1.165) is 5.56 Å². The summed E-state index contributed by atoms with van der Waals surface area (Å²) in [6.07, 6.45) is 3.54. The molecule has 0 bridgehead atoms. The summed E-state index contributed by atoms with van der Waals surface area (Å²) in [5.74, 6) is -0.497. The first-order chi connectivity index (χ1) is 6.63. The van der Waals surface area contributed by atoms with Gasteiger partial charge in [0.15, 0.2) is 0 Å². The van der Waals surface area contributed by atoms with Gasteiger partial charge in [0.05, 0.1) is 5.56 Å². The molecule has 0 N–H and O–H groups in total. The Bertz CT molecular complexity index is 391. The Morgan fingerprint density at radius 2 is 2.29 bits per heavy atom. The number of rotatable bonds is 2.